The Morgan fingerprint density at radius 2 is 1.65 bits per heavy atom. The Hall–Kier alpha value is -3.42. The van der Waals surface area contributed by atoms with Crippen molar-refractivity contribution in [3.05, 3.63) is 71.5 Å². The number of halogens is 1. The lowest BCUT2D eigenvalue weighted by Gasteiger charge is -2.15. The first-order chi connectivity index (χ1) is 14.9. The van der Waals surface area contributed by atoms with E-state index in [0.29, 0.717) is 24.9 Å². The molecule has 0 spiro atoms. The molecule has 0 fully saturated rings. The highest BCUT2D eigenvalue weighted by Gasteiger charge is 2.18. The third kappa shape index (κ3) is 9.75. The fourth-order valence-corrected chi connectivity index (χ4v) is 2.90. The second-order valence-electron chi connectivity index (χ2n) is 7.15. The molecule has 0 saturated heterocycles. The van der Waals surface area contributed by atoms with Crippen molar-refractivity contribution in [1.82, 2.24) is 10.6 Å². The Bertz CT molecular complexity index is 844. The van der Waals surface area contributed by atoms with Crippen LogP contribution in [0, 0.1) is 5.82 Å². The summed E-state index contributed by atoms with van der Waals surface area (Å²) in [6, 6.07) is 14.2. The molecular formula is C23H28FN3O4. The van der Waals surface area contributed by atoms with Gasteiger partial charge in [-0.25, -0.2) is 9.18 Å². The molecule has 31 heavy (non-hydrogen) atoms. The number of unbranched alkanes of at least 4 members (excludes halogenated alkanes) is 2. The molecule has 2 rings (SSSR count). The molecule has 2 aromatic carbocycles. The first kappa shape index (κ1) is 23.9. The fraction of sp³-hybridized carbons (Fsp3) is 0.348. The quantitative estimate of drug-likeness (QED) is 0.451. The third-order valence-electron chi connectivity index (χ3n) is 4.59. The minimum atomic E-state index is -0.848. The van der Waals surface area contributed by atoms with Crippen molar-refractivity contribution < 1.29 is 23.5 Å². The smallest absolute Gasteiger partial charge is 0.407 e. The molecule has 0 saturated carbocycles. The Balaban J connectivity index is 1.57. The summed E-state index contributed by atoms with van der Waals surface area (Å²) in [4.78, 5) is 35.4. The van der Waals surface area contributed by atoms with E-state index in [-0.39, 0.29) is 31.2 Å². The van der Waals surface area contributed by atoms with E-state index < -0.39 is 18.0 Å². The largest absolute Gasteiger partial charge is 0.445 e. The van der Waals surface area contributed by atoms with Crippen LogP contribution in [0.25, 0.3) is 0 Å². The normalized spacial score (nSPS) is 11.4. The molecule has 7 nitrogen and oxygen atoms in total. The summed E-state index contributed by atoms with van der Waals surface area (Å²) in [5.74, 6) is -1.29. The van der Waals surface area contributed by atoms with Crippen molar-refractivity contribution in [2.24, 2.45) is 5.73 Å². The average molecular weight is 429 g/mol. The van der Waals surface area contributed by atoms with Crippen molar-refractivity contribution in [1.29, 1.82) is 0 Å². The van der Waals surface area contributed by atoms with Crippen LogP contribution in [-0.4, -0.2) is 30.5 Å². The van der Waals surface area contributed by atoms with Crippen LogP contribution in [0.4, 0.5) is 9.18 Å². The highest BCUT2D eigenvalue weighted by Crippen LogP contribution is 2.07. The van der Waals surface area contributed by atoms with Gasteiger partial charge < -0.3 is 21.1 Å². The van der Waals surface area contributed by atoms with Gasteiger partial charge in [0.1, 0.15) is 18.5 Å². The standard InChI is InChI=1S/C23H28FN3O4/c24-19-12-10-17(11-13-19)15-20(22(25)29)27-21(28)9-5-2-6-14-26-23(30)31-16-18-7-3-1-4-8-18/h1,3-4,7-8,10-13,20H,2,5-6,9,14-16H2,(H2,25,29)(H,26,30)(H,27,28)/t20-/m1/s1. The second-order valence-corrected chi connectivity index (χ2v) is 7.15. The topological polar surface area (TPSA) is 111 Å². The van der Waals surface area contributed by atoms with E-state index in [1.165, 1.54) is 12.1 Å². The van der Waals surface area contributed by atoms with Gasteiger partial charge in [-0.05, 0) is 36.1 Å². The molecule has 4 N–H and O–H groups in total. The number of amides is 3. The number of nitrogens with two attached hydrogens (primary N) is 1. The molecule has 2 aromatic rings. The van der Waals surface area contributed by atoms with E-state index in [9.17, 15) is 18.8 Å². The molecule has 0 heterocycles. The van der Waals surface area contributed by atoms with Crippen LogP contribution in [-0.2, 0) is 27.4 Å². The molecule has 0 unspecified atom stereocenters. The summed E-state index contributed by atoms with van der Waals surface area (Å²) in [5, 5.41) is 5.29. The van der Waals surface area contributed by atoms with Crippen molar-refractivity contribution in [3.63, 3.8) is 0 Å². The van der Waals surface area contributed by atoms with Crippen molar-refractivity contribution in [3.8, 4) is 0 Å². The van der Waals surface area contributed by atoms with Gasteiger partial charge in [0.25, 0.3) is 0 Å². The maximum atomic E-state index is 13.0. The molecule has 0 aliphatic rings. The predicted molar refractivity (Wildman–Crippen MR) is 114 cm³/mol. The fourth-order valence-electron chi connectivity index (χ4n) is 2.90. The highest BCUT2D eigenvalue weighted by atomic mass is 19.1. The molecule has 3 amide bonds. The van der Waals surface area contributed by atoms with Crippen LogP contribution < -0.4 is 16.4 Å². The van der Waals surface area contributed by atoms with Gasteiger partial charge in [0.2, 0.25) is 11.8 Å². The molecule has 0 bridgehead atoms. The lowest BCUT2D eigenvalue weighted by atomic mass is 10.0. The predicted octanol–water partition coefficient (Wildman–Crippen LogP) is 2.83. The van der Waals surface area contributed by atoms with Crippen LogP contribution in [0.3, 0.4) is 0 Å². The zero-order chi connectivity index (χ0) is 22.5. The van der Waals surface area contributed by atoms with Crippen LogP contribution in [0.5, 0.6) is 0 Å². The zero-order valence-corrected chi connectivity index (χ0v) is 17.3. The first-order valence-corrected chi connectivity index (χ1v) is 10.2. The lowest BCUT2D eigenvalue weighted by molar-refractivity contribution is -0.127. The summed E-state index contributed by atoms with van der Waals surface area (Å²) in [5.41, 5.74) is 6.99. The van der Waals surface area contributed by atoms with Crippen molar-refractivity contribution >= 4 is 17.9 Å². The second kappa shape index (κ2) is 13.0. The number of carbonyl (C=O) groups excluding carboxylic acids is 3. The minimum absolute atomic E-state index is 0.205. The number of nitrogens with one attached hydrogen (secondary N) is 2. The SMILES string of the molecule is NC(=O)[C@@H](Cc1ccc(F)cc1)NC(=O)CCCCCNC(=O)OCc1ccccc1. The maximum absolute atomic E-state index is 13.0. The molecule has 8 heteroatoms. The number of rotatable bonds is 12. The summed E-state index contributed by atoms with van der Waals surface area (Å²) < 4.78 is 18.1. The van der Waals surface area contributed by atoms with Gasteiger partial charge in [-0.15, -0.1) is 0 Å². The van der Waals surface area contributed by atoms with E-state index in [0.717, 1.165) is 12.0 Å². The van der Waals surface area contributed by atoms with Crippen LogP contribution in [0.1, 0.15) is 36.8 Å². The van der Waals surface area contributed by atoms with Crippen molar-refractivity contribution in [2.45, 2.75) is 44.8 Å². The summed E-state index contributed by atoms with van der Waals surface area (Å²) in [6.45, 7) is 0.662. The Kier molecular flexibility index (Phi) is 10.0. The average Bonchev–Trinajstić information content (AvgIpc) is 2.76. The number of ether oxygens (including phenoxy) is 1. The number of hydrogen-bond donors (Lipinski definition) is 3. The van der Waals surface area contributed by atoms with Crippen LogP contribution >= 0.6 is 0 Å². The summed E-state index contributed by atoms with van der Waals surface area (Å²) in [6.07, 6.45) is 2.00. The number of hydrogen-bond acceptors (Lipinski definition) is 4. The monoisotopic (exact) mass is 429 g/mol. The molecule has 0 aliphatic heterocycles. The van der Waals surface area contributed by atoms with E-state index in [2.05, 4.69) is 10.6 Å². The van der Waals surface area contributed by atoms with Gasteiger partial charge in [-0.3, -0.25) is 9.59 Å². The lowest BCUT2D eigenvalue weighted by Crippen LogP contribution is -2.45. The third-order valence-corrected chi connectivity index (χ3v) is 4.59. The van der Waals surface area contributed by atoms with Crippen LogP contribution in [0.2, 0.25) is 0 Å². The molecule has 0 radical (unpaired) electrons. The molecule has 166 valence electrons. The number of primary amides is 1. The molecule has 0 aromatic heterocycles. The van der Waals surface area contributed by atoms with Crippen LogP contribution in [0.15, 0.2) is 54.6 Å². The highest BCUT2D eigenvalue weighted by molar-refractivity contribution is 5.86. The summed E-state index contributed by atoms with van der Waals surface area (Å²) in [7, 11) is 0. The van der Waals surface area contributed by atoms with E-state index >= 15 is 0 Å². The molecule has 1 atom stereocenters. The van der Waals surface area contributed by atoms with Gasteiger partial charge in [0.05, 0.1) is 0 Å². The van der Waals surface area contributed by atoms with E-state index in [1.54, 1.807) is 12.1 Å². The Labute approximate surface area is 181 Å². The zero-order valence-electron chi connectivity index (χ0n) is 17.3. The van der Waals surface area contributed by atoms with Gasteiger partial charge >= 0.3 is 6.09 Å². The Morgan fingerprint density at radius 3 is 2.32 bits per heavy atom. The van der Waals surface area contributed by atoms with Crippen molar-refractivity contribution in [2.75, 3.05) is 6.54 Å². The number of alkyl carbamates (subject to hydrolysis) is 1. The van der Waals surface area contributed by atoms with Gasteiger partial charge in [0.15, 0.2) is 0 Å². The summed E-state index contributed by atoms with van der Waals surface area (Å²) >= 11 is 0. The first-order valence-electron chi connectivity index (χ1n) is 10.2. The number of benzene rings is 2. The molecular weight excluding hydrogens is 401 g/mol. The van der Waals surface area contributed by atoms with Gasteiger partial charge in [-0.2, -0.15) is 0 Å². The van der Waals surface area contributed by atoms with Gasteiger partial charge in [0, 0.05) is 19.4 Å². The molecule has 0 aliphatic carbocycles. The maximum Gasteiger partial charge on any atom is 0.407 e. The Morgan fingerprint density at radius 1 is 0.935 bits per heavy atom. The van der Waals surface area contributed by atoms with E-state index in [4.69, 9.17) is 10.5 Å². The van der Waals surface area contributed by atoms with E-state index in [1.807, 2.05) is 30.3 Å². The number of carbonyl (C=O) groups is 3. The van der Waals surface area contributed by atoms with Gasteiger partial charge in [-0.1, -0.05) is 48.9 Å². The minimum Gasteiger partial charge on any atom is -0.445 e.